The molecule has 0 aromatic heterocycles. The molecule has 0 saturated carbocycles. The van der Waals surface area contributed by atoms with Crippen LogP contribution in [0.25, 0.3) is 10.4 Å². The highest BCUT2D eigenvalue weighted by Gasteiger charge is 2.37. The van der Waals surface area contributed by atoms with Gasteiger partial charge in [0.2, 0.25) is 5.91 Å². The highest BCUT2D eigenvalue weighted by Crippen LogP contribution is 2.30. The fourth-order valence-electron chi connectivity index (χ4n) is 2.71. The van der Waals surface area contributed by atoms with Crippen LogP contribution >= 0.6 is 0 Å². The molecule has 128 valence electrons. The first-order chi connectivity index (χ1) is 11.2. The topological polar surface area (TPSA) is 95.4 Å². The van der Waals surface area contributed by atoms with Gasteiger partial charge in [-0.3, -0.25) is 9.69 Å². The first-order valence-corrected chi connectivity index (χ1v) is 7.92. The van der Waals surface area contributed by atoms with E-state index in [0.29, 0.717) is 18.5 Å². The Kier molecular flexibility index (Phi) is 5.14. The summed E-state index contributed by atoms with van der Waals surface area (Å²) < 4.78 is 5.42. The molecule has 1 aromatic rings. The molecular weight excluding hydrogens is 308 g/mol. The fourth-order valence-corrected chi connectivity index (χ4v) is 2.71. The van der Waals surface area contributed by atoms with E-state index < -0.39 is 23.7 Å². The van der Waals surface area contributed by atoms with E-state index in [0.717, 1.165) is 5.56 Å². The summed E-state index contributed by atoms with van der Waals surface area (Å²) in [4.78, 5) is 29.5. The first-order valence-electron chi connectivity index (χ1n) is 7.92. The number of fused-ring (bicyclic) bond motifs is 1. The molecule has 7 heteroatoms. The molecule has 1 aliphatic heterocycles. The molecule has 1 heterocycles. The lowest BCUT2D eigenvalue weighted by atomic mass is 10.1. The maximum absolute atomic E-state index is 12.9. The molecule has 24 heavy (non-hydrogen) atoms. The Bertz CT molecular complexity index is 689. The van der Waals surface area contributed by atoms with E-state index in [4.69, 9.17) is 10.3 Å². The van der Waals surface area contributed by atoms with Crippen LogP contribution in [0.2, 0.25) is 0 Å². The van der Waals surface area contributed by atoms with E-state index in [-0.39, 0.29) is 5.91 Å². The molecule has 7 nitrogen and oxygen atoms in total. The number of benzene rings is 1. The number of esters is 1. The van der Waals surface area contributed by atoms with Crippen LogP contribution < -0.4 is 4.90 Å². The number of aryl methyl sites for hydroxylation is 1. The van der Waals surface area contributed by atoms with Crippen molar-refractivity contribution in [1.29, 1.82) is 0 Å². The lowest BCUT2D eigenvalue weighted by molar-refractivity contribution is -0.156. The van der Waals surface area contributed by atoms with Crippen molar-refractivity contribution in [2.24, 2.45) is 5.11 Å². The van der Waals surface area contributed by atoms with Gasteiger partial charge in [-0.1, -0.05) is 23.3 Å². The van der Waals surface area contributed by atoms with Crippen molar-refractivity contribution in [3.05, 3.63) is 40.3 Å². The minimum absolute atomic E-state index is 0.379. The van der Waals surface area contributed by atoms with E-state index >= 15 is 0 Å². The highest BCUT2D eigenvalue weighted by atomic mass is 16.6. The normalized spacial score (nSPS) is 18.9. The Balaban J connectivity index is 2.43. The van der Waals surface area contributed by atoms with Gasteiger partial charge in [0.1, 0.15) is 17.7 Å². The Morgan fingerprint density at radius 3 is 2.71 bits per heavy atom. The van der Waals surface area contributed by atoms with Gasteiger partial charge in [-0.2, -0.15) is 0 Å². The number of rotatable bonds is 3. The molecule has 0 saturated heterocycles. The minimum atomic E-state index is -0.827. The summed E-state index contributed by atoms with van der Waals surface area (Å²) in [5.74, 6) is -0.872. The zero-order valence-electron chi connectivity index (χ0n) is 14.4. The second-order valence-electron chi connectivity index (χ2n) is 6.81. The van der Waals surface area contributed by atoms with Crippen molar-refractivity contribution in [3.8, 4) is 0 Å². The Morgan fingerprint density at radius 2 is 2.08 bits per heavy atom. The number of para-hydroxylation sites is 1. The Hall–Kier alpha value is -2.53. The summed E-state index contributed by atoms with van der Waals surface area (Å²) in [5.41, 5.74) is 9.68. The maximum atomic E-state index is 12.9. The molecule has 1 aromatic carbocycles. The Morgan fingerprint density at radius 1 is 1.42 bits per heavy atom. The summed E-state index contributed by atoms with van der Waals surface area (Å²) in [6.45, 7) is 6.96. The lowest BCUT2D eigenvalue weighted by Crippen LogP contribution is -2.49. The summed E-state index contributed by atoms with van der Waals surface area (Å²) in [6, 6.07) is 5.77. The SMILES string of the molecule is CC(C(=O)OC(C)(C)C)N1C(=O)C(N=[N+]=[N-])CCc2ccccc21. The molecule has 2 atom stereocenters. The van der Waals surface area contributed by atoms with Crippen LogP contribution in [0.3, 0.4) is 0 Å². The lowest BCUT2D eigenvalue weighted by Gasteiger charge is -2.31. The molecular formula is C17H22N4O3. The summed E-state index contributed by atoms with van der Waals surface area (Å²) in [7, 11) is 0. The van der Waals surface area contributed by atoms with Gasteiger partial charge in [-0.15, -0.1) is 0 Å². The number of hydrogen-bond acceptors (Lipinski definition) is 4. The number of hydrogen-bond donors (Lipinski definition) is 0. The van der Waals surface area contributed by atoms with E-state index in [1.54, 1.807) is 33.8 Å². The van der Waals surface area contributed by atoms with Crippen molar-refractivity contribution in [2.75, 3.05) is 4.90 Å². The van der Waals surface area contributed by atoms with Crippen LogP contribution in [0.4, 0.5) is 5.69 Å². The van der Waals surface area contributed by atoms with Gasteiger partial charge < -0.3 is 4.74 Å². The quantitative estimate of drug-likeness (QED) is 0.368. The largest absolute Gasteiger partial charge is 0.458 e. The molecule has 0 bridgehead atoms. The second-order valence-corrected chi connectivity index (χ2v) is 6.81. The van der Waals surface area contributed by atoms with Crippen molar-refractivity contribution >= 4 is 17.6 Å². The summed E-state index contributed by atoms with van der Waals surface area (Å²) >= 11 is 0. The molecule has 0 spiro atoms. The van der Waals surface area contributed by atoms with E-state index in [1.165, 1.54) is 4.90 Å². The van der Waals surface area contributed by atoms with Gasteiger partial charge in [-0.05, 0) is 57.7 Å². The van der Waals surface area contributed by atoms with Gasteiger partial charge in [0, 0.05) is 10.6 Å². The van der Waals surface area contributed by atoms with Crippen LogP contribution in [-0.4, -0.2) is 29.6 Å². The maximum Gasteiger partial charge on any atom is 0.329 e. The summed E-state index contributed by atoms with van der Waals surface area (Å²) in [6.07, 6.45) is 1.01. The molecule has 1 aliphatic rings. The second kappa shape index (κ2) is 6.93. The summed E-state index contributed by atoms with van der Waals surface area (Å²) in [5, 5.41) is 3.61. The van der Waals surface area contributed by atoms with Gasteiger partial charge >= 0.3 is 5.97 Å². The van der Waals surface area contributed by atoms with Crippen molar-refractivity contribution in [1.82, 2.24) is 0 Å². The van der Waals surface area contributed by atoms with Crippen molar-refractivity contribution in [2.45, 2.75) is 58.2 Å². The zero-order chi connectivity index (χ0) is 17.9. The Labute approximate surface area is 141 Å². The van der Waals surface area contributed by atoms with E-state index in [2.05, 4.69) is 10.0 Å². The minimum Gasteiger partial charge on any atom is -0.458 e. The molecule has 0 radical (unpaired) electrons. The number of amides is 1. The van der Waals surface area contributed by atoms with Crippen molar-refractivity contribution < 1.29 is 14.3 Å². The predicted molar refractivity (Wildman–Crippen MR) is 90.5 cm³/mol. The number of nitrogens with zero attached hydrogens (tertiary/aromatic N) is 4. The standard InChI is InChI=1S/C17H22N4O3/c1-11(16(23)24-17(2,3)4)21-14-8-6-5-7-12(14)9-10-13(15(21)22)19-20-18/h5-8,11,13H,9-10H2,1-4H3. The fraction of sp³-hybridized carbons (Fsp3) is 0.529. The number of ether oxygens (including phenoxy) is 1. The average molecular weight is 330 g/mol. The van der Waals surface area contributed by atoms with E-state index in [9.17, 15) is 9.59 Å². The van der Waals surface area contributed by atoms with E-state index in [1.807, 2.05) is 18.2 Å². The third-order valence-corrected chi connectivity index (χ3v) is 3.79. The highest BCUT2D eigenvalue weighted by molar-refractivity contribution is 6.03. The van der Waals surface area contributed by atoms with Gasteiger partial charge in [0.25, 0.3) is 0 Å². The van der Waals surface area contributed by atoms with Gasteiger partial charge in [0.05, 0.1) is 0 Å². The monoisotopic (exact) mass is 330 g/mol. The van der Waals surface area contributed by atoms with Crippen molar-refractivity contribution in [3.63, 3.8) is 0 Å². The third kappa shape index (κ3) is 3.86. The number of azide groups is 1. The zero-order valence-corrected chi connectivity index (χ0v) is 14.4. The van der Waals surface area contributed by atoms with Gasteiger partial charge in [0.15, 0.2) is 0 Å². The smallest absolute Gasteiger partial charge is 0.329 e. The number of anilines is 1. The average Bonchev–Trinajstić information content (AvgIpc) is 2.63. The number of carbonyl (C=O) groups excluding carboxylic acids is 2. The molecule has 0 fully saturated rings. The van der Waals surface area contributed by atoms with Crippen LogP contribution in [0.1, 0.15) is 39.7 Å². The molecule has 0 N–H and O–H groups in total. The van der Waals surface area contributed by atoms with Crippen LogP contribution in [0, 0.1) is 0 Å². The van der Waals surface area contributed by atoms with Crippen LogP contribution in [-0.2, 0) is 20.7 Å². The molecule has 0 aliphatic carbocycles. The third-order valence-electron chi connectivity index (χ3n) is 3.79. The predicted octanol–water partition coefficient (Wildman–Crippen LogP) is 3.37. The molecule has 1 amide bonds. The first kappa shape index (κ1) is 17.8. The van der Waals surface area contributed by atoms with Crippen LogP contribution in [0.15, 0.2) is 29.4 Å². The van der Waals surface area contributed by atoms with Crippen LogP contribution in [0.5, 0.6) is 0 Å². The molecule has 2 rings (SSSR count). The number of carbonyl (C=O) groups is 2. The molecule has 2 unspecified atom stereocenters. The van der Waals surface area contributed by atoms with Gasteiger partial charge in [-0.25, -0.2) is 4.79 Å².